The molecule has 1 unspecified atom stereocenters. The summed E-state index contributed by atoms with van der Waals surface area (Å²) >= 11 is 0. The molecule has 5 nitrogen and oxygen atoms in total. The van der Waals surface area contributed by atoms with Crippen LogP contribution in [0.3, 0.4) is 0 Å². The molecule has 0 fully saturated rings. The minimum atomic E-state index is -0.648. The van der Waals surface area contributed by atoms with Crippen LogP contribution in [0.1, 0.15) is 48.5 Å². The molecule has 0 heterocycles. The van der Waals surface area contributed by atoms with Crippen LogP contribution in [0.5, 0.6) is 0 Å². The first-order valence-electron chi connectivity index (χ1n) is 6.64. The van der Waals surface area contributed by atoms with E-state index >= 15 is 0 Å². The second-order valence-corrected chi connectivity index (χ2v) is 6.23. The Morgan fingerprint density at radius 1 is 1.16 bits per heavy atom. The number of hydrogen-bond acceptors (Lipinski definition) is 4. The fourth-order valence-corrected chi connectivity index (χ4v) is 1.32. The van der Waals surface area contributed by atoms with Crippen molar-refractivity contribution < 1.29 is 19.1 Å². The van der Waals surface area contributed by atoms with Gasteiger partial charge in [0.1, 0.15) is 5.60 Å². The maximum Gasteiger partial charge on any atom is 0.407 e. The van der Waals surface area contributed by atoms with E-state index in [2.05, 4.69) is 5.32 Å². The van der Waals surface area contributed by atoms with E-state index < -0.39 is 17.1 Å². The molecule has 0 saturated carbocycles. The fraction of sp³-hybridized carbons (Fsp3) is 0.857. The molecule has 0 aliphatic heterocycles. The lowest BCUT2D eigenvalue weighted by Crippen LogP contribution is -2.41. The van der Waals surface area contributed by atoms with Crippen LogP contribution in [0.4, 0.5) is 4.79 Å². The smallest absolute Gasteiger partial charge is 0.407 e. The van der Waals surface area contributed by atoms with Gasteiger partial charge in [-0.15, -0.1) is 0 Å². The molecule has 0 aliphatic rings. The first-order valence-corrected chi connectivity index (χ1v) is 6.64. The minimum absolute atomic E-state index is 0.0564. The van der Waals surface area contributed by atoms with Crippen LogP contribution in [0, 0.1) is 11.3 Å². The topological polar surface area (TPSA) is 64.6 Å². The first-order chi connectivity index (χ1) is 8.50. The van der Waals surface area contributed by atoms with Gasteiger partial charge in [-0.2, -0.15) is 0 Å². The van der Waals surface area contributed by atoms with E-state index in [1.54, 1.807) is 27.7 Å². The third-order valence-electron chi connectivity index (χ3n) is 2.98. The minimum Gasteiger partial charge on any atom is -0.466 e. The van der Waals surface area contributed by atoms with Gasteiger partial charge in [-0.25, -0.2) is 4.79 Å². The van der Waals surface area contributed by atoms with Crippen molar-refractivity contribution in [1.29, 1.82) is 0 Å². The lowest BCUT2D eigenvalue weighted by atomic mass is 9.80. The molecule has 0 radical (unpaired) electrons. The summed E-state index contributed by atoms with van der Waals surface area (Å²) in [5.74, 6) is -0.312. The van der Waals surface area contributed by atoms with Gasteiger partial charge in [-0.1, -0.05) is 6.92 Å². The van der Waals surface area contributed by atoms with Crippen LogP contribution in [-0.4, -0.2) is 30.8 Å². The van der Waals surface area contributed by atoms with Gasteiger partial charge in [0.15, 0.2) is 0 Å². The molecule has 0 aromatic carbocycles. The van der Waals surface area contributed by atoms with Gasteiger partial charge >= 0.3 is 12.1 Å². The van der Waals surface area contributed by atoms with Crippen molar-refractivity contribution in [2.45, 2.75) is 54.1 Å². The van der Waals surface area contributed by atoms with Crippen molar-refractivity contribution in [3.05, 3.63) is 0 Å². The van der Waals surface area contributed by atoms with E-state index in [9.17, 15) is 9.59 Å². The third-order valence-corrected chi connectivity index (χ3v) is 2.98. The number of rotatable bonds is 5. The molecule has 0 saturated heterocycles. The van der Waals surface area contributed by atoms with Crippen molar-refractivity contribution in [2.75, 3.05) is 13.2 Å². The van der Waals surface area contributed by atoms with E-state index in [4.69, 9.17) is 9.47 Å². The molecular weight excluding hydrogens is 246 g/mol. The Bertz CT molecular complexity index is 318. The Hall–Kier alpha value is -1.26. The molecule has 1 atom stereocenters. The van der Waals surface area contributed by atoms with Gasteiger partial charge in [-0.05, 0) is 47.5 Å². The Kier molecular flexibility index (Phi) is 6.33. The second kappa shape index (κ2) is 6.78. The van der Waals surface area contributed by atoms with Crippen LogP contribution in [0.15, 0.2) is 0 Å². The summed E-state index contributed by atoms with van der Waals surface area (Å²) in [6.45, 7) is 13.4. The van der Waals surface area contributed by atoms with Crippen LogP contribution in [0.25, 0.3) is 0 Å². The van der Waals surface area contributed by atoms with Crippen molar-refractivity contribution in [1.82, 2.24) is 5.32 Å². The maximum atomic E-state index is 11.8. The highest BCUT2D eigenvalue weighted by Gasteiger charge is 2.35. The Balaban J connectivity index is 4.34. The summed E-state index contributed by atoms with van der Waals surface area (Å²) in [4.78, 5) is 23.3. The number of carbonyl (C=O) groups is 2. The average Bonchev–Trinajstić information content (AvgIpc) is 2.23. The monoisotopic (exact) mass is 273 g/mol. The van der Waals surface area contributed by atoms with Crippen LogP contribution < -0.4 is 5.32 Å². The SMILES string of the molecule is CCOC(=O)C(C)(C)C(C)CNC(=O)OC(C)(C)C. The summed E-state index contributed by atoms with van der Waals surface area (Å²) in [6, 6.07) is 0. The normalized spacial score (nSPS) is 13.6. The number of alkyl carbamates (subject to hydrolysis) is 1. The van der Waals surface area contributed by atoms with Gasteiger partial charge in [0.2, 0.25) is 0 Å². The van der Waals surface area contributed by atoms with Gasteiger partial charge in [-0.3, -0.25) is 4.79 Å². The average molecular weight is 273 g/mol. The highest BCUT2D eigenvalue weighted by molar-refractivity contribution is 5.76. The molecule has 0 bridgehead atoms. The third kappa shape index (κ3) is 6.45. The summed E-state index contributed by atoms with van der Waals surface area (Å²) < 4.78 is 10.2. The predicted octanol–water partition coefficient (Wildman–Crippen LogP) is 2.74. The Labute approximate surface area is 116 Å². The van der Waals surface area contributed by atoms with Gasteiger partial charge in [0.05, 0.1) is 12.0 Å². The molecular formula is C14H27NO4. The van der Waals surface area contributed by atoms with Crippen molar-refractivity contribution >= 4 is 12.1 Å². The van der Waals surface area contributed by atoms with E-state index in [0.29, 0.717) is 13.2 Å². The van der Waals surface area contributed by atoms with E-state index in [1.807, 2.05) is 20.8 Å². The zero-order valence-corrected chi connectivity index (χ0v) is 13.1. The highest BCUT2D eigenvalue weighted by atomic mass is 16.6. The Morgan fingerprint density at radius 2 is 1.68 bits per heavy atom. The van der Waals surface area contributed by atoms with E-state index in [1.165, 1.54) is 0 Å². The lowest BCUT2D eigenvalue weighted by Gasteiger charge is -2.29. The summed E-state index contributed by atoms with van der Waals surface area (Å²) in [5.41, 5.74) is -1.17. The first kappa shape index (κ1) is 17.7. The molecule has 0 aromatic heterocycles. The van der Waals surface area contributed by atoms with Gasteiger partial charge in [0.25, 0.3) is 0 Å². The number of hydrogen-bond donors (Lipinski definition) is 1. The molecule has 1 amide bonds. The number of amides is 1. The zero-order valence-electron chi connectivity index (χ0n) is 13.1. The highest BCUT2D eigenvalue weighted by Crippen LogP contribution is 2.27. The molecule has 0 spiro atoms. The fourth-order valence-electron chi connectivity index (χ4n) is 1.32. The summed E-state index contributed by atoms with van der Waals surface area (Å²) in [5, 5.41) is 2.67. The van der Waals surface area contributed by atoms with Crippen molar-refractivity contribution in [2.24, 2.45) is 11.3 Å². The number of nitrogens with one attached hydrogen (secondary N) is 1. The number of ether oxygens (including phenoxy) is 2. The van der Waals surface area contributed by atoms with E-state index in [0.717, 1.165) is 0 Å². The number of carbonyl (C=O) groups excluding carboxylic acids is 2. The molecule has 19 heavy (non-hydrogen) atoms. The van der Waals surface area contributed by atoms with Gasteiger partial charge < -0.3 is 14.8 Å². The van der Waals surface area contributed by atoms with E-state index in [-0.39, 0.29) is 11.9 Å². The number of esters is 1. The molecule has 0 aromatic rings. The molecule has 0 rings (SSSR count). The van der Waals surface area contributed by atoms with Crippen LogP contribution >= 0.6 is 0 Å². The van der Waals surface area contributed by atoms with Crippen molar-refractivity contribution in [3.63, 3.8) is 0 Å². The quantitative estimate of drug-likeness (QED) is 0.782. The second-order valence-electron chi connectivity index (χ2n) is 6.23. The zero-order chi connectivity index (χ0) is 15.3. The van der Waals surface area contributed by atoms with Gasteiger partial charge in [0, 0.05) is 6.54 Å². The van der Waals surface area contributed by atoms with Crippen LogP contribution in [-0.2, 0) is 14.3 Å². The molecule has 1 N–H and O–H groups in total. The standard InChI is InChI=1S/C14H27NO4/c1-8-18-11(16)14(6,7)10(2)9-15-12(17)19-13(3,4)5/h10H,8-9H2,1-7H3,(H,15,17). The van der Waals surface area contributed by atoms with Crippen molar-refractivity contribution in [3.8, 4) is 0 Å². The lowest BCUT2D eigenvalue weighted by molar-refractivity contribution is -0.156. The summed E-state index contributed by atoms with van der Waals surface area (Å²) in [7, 11) is 0. The molecule has 0 aliphatic carbocycles. The Morgan fingerprint density at radius 3 is 2.11 bits per heavy atom. The largest absolute Gasteiger partial charge is 0.466 e. The summed E-state index contributed by atoms with van der Waals surface area (Å²) in [6.07, 6.45) is -0.473. The molecule has 5 heteroatoms. The van der Waals surface area contributed by atoms with Crippen LogP contribution in [0.2, 0.25) is 0 Å². The predicted molar refractivity (Wildman–Crippen MR) is 73.8 cm³/mol. The molecule has 112 valence electrons. The maximum absolute atomic E-state index is 11.8.